The van der Waals surface area contributed by atoms with Crippen molar-refractivity contribution in [3.05, 3.63) is 0 Å². The van der Waals surface area contributed by atoms with Crippen LogP contribution in [-0.2, 0) is 4.84 Å². The molecular formula is C15H30N4O. The van der Waals surface area contributed by atoms with E-state index in [0.29, 0.717) is 0 Å². The van der Waals surface area contributed by atoms with Crippen LogP contribution >= 0.6 is 0 Å². The fourth-order valence-electron chi connectivity index (χ4n) is 3.82. The quantitative estimate of drug-likeness (QED) is 0.732. The maximum atomic E-state index is 5.21. The topological polar surface area (TPSA) is 22.2 Å². The van der Waals surface area contributed by atoms with E-state index >= 15 is 0 Å². The molecule has 0 radical (unpaired) electrons. The maximum absolute atomic E-state index is 5.21. The van der Waals surface area contributed by atoms with Gasteiger partial charge in [0, 0.05) is 57.8 Å². The second-order valence-corrected chi connectivity index (χ2v) is 6.77. The highest BCUT2D eigenvalue weighted by Gasteiger charge is 2.31. The molecule has 20 heavy (non-hydrogen) atoms. The molecular weight excluding hydrogens is 252 g/mol. The largest absolute Gasteiger partial charge is 0.306 e. The highest BCUT2D eigenvalue weighted by Crippen LogP contribution is 2.20. The third kappa shape index (κ3) is 3.52. The molecule has 3 fully saturated rings. The number of hydroxylamine groups is 2. The number of rotatable bonds is 4. The van der Waals surface area contributed by atoms with Crippen molar-refractivity contribution in [3.63, 3.8) is 0 Å². The first-order valence-electron chi connectivity index (χ1n) is 8.18. The second-order valence-electron chi connectivity index (χ2n) is 6.77. The van der Waals surface area contributed by atoms with Crippen LogP contribution in [0.5, 0.6) is 0 Å². The molecule has 0 unspecified atom stereocenters. The Hall–Kier alpha value is -0.200. The average Bonchev–Trinajstić information content (AvgIpc) is 2.44. The number of nitrogens with zero attached hydrogens (tertiary/aromatic N) is 4. The predicted octanol–water partition coefficient (Wildman–Crippen LogP) is 0.191. The lowest BCUT2D eigenvalue weighted by Crippen LogP contribution is -2.56. The summed E-state index contributed by atoms with van der Waals surface area (Å²) in [6.07, 6.45) is 2.73. The van der Waals surface area contributed by atoms with Crippen LogP contribution in [0.2, 0.25) is 0 Å². The Bertz CT molecular complexity index is 292. The predicted molar refractivity (Wildman–Crippen MR) is 80.6 cm³/mol. The van der Waals surface area contributed by atoms with E-state index in [0.717, 1.165) is 25.0 Å². The second kappa shape index (κ2) is 6.71. The van der Waals surface area contributed by atoms with Crippen molar-refractivity contribution in [2.24, 2.45) is 5.92 Å². The van der Waals surface area contributed by atoms with Gasteiger partial charge in [-0.05, 0) is 33.0 Å². The summed E-state index contributed by atoms with van der Waals surface area (Å²) in [6.45, 7) is 11.1. The SMILES string of the molecule is CON1CC(CN2CCN(C3CCN(C)CC3)CC2)C1. The first kappa shape index (κ1) is 14.7. The molecule has 0 aromatic heterocycles. The molecule has 3 heterocycles. The van der Waals surface area contributed by atoms with Gasteiger partial charge in [-0.25, -0.2) is 0 Å². The zero-order valence-electron chi connectivity index (χ0n) is 13.1. The molecule has 0 aliphatic carbocycles. The average molecular weight is 282 g/mol. The first-order valence-corrected chi connectivity index (χ1v) is 8.18. The smallest absolute Gasteiger partial charge is 0.0575 e. The third-order valence-electron chi connectivity index (χ3n) is 5.31. The van der Waals surface area contributed by atoms with Gasteiger partial charge in [0.1, 0.15) is 0 Å². The van der Waals surface area contributed by atoms with E-state index in [1.807, 2.05) is 0 Å². The molecule has 0 bridgehead atoms. The minimum atomic E-state index is 0.824. The van der Waals surface area contributed by atoms with Gasteiger partial charge in [-0.2, -0.15) is 5.06 Å². The van der Waals surface area contributed by atoms with Gasteiger partial charge in [-0.1, -0.05) is 0 Å². The summed E-state index contributed by atoms with van der Waals surface area (Å²) >= 11 is 0. The normalized spacial score (nSPS) is 29.7. The molecule has 0 aromatic rings. The molecule has 0 N–H and O–H groups in total. The van der Waals surface area contributed by atoms with E-state index in [1.54, 1.807) is 7.11 Å². The third-order valence-corrected chi connectivity index (χ3v) is 5.31. The molecule has 0 amide bonds. The molecule has 5 heteroatoms. The summed E-state index contributed by atoms with van der Waals surface area (Å²) < 4.78 is 0. The summed E-state index contributed by atoms with van der Waals surface area (Å²) in [5.74, 6) is 0.824. The van der Waals surface area contributed by atoms with Crippen LogP contribution in [0.15, 0.2) is 0 Å². The molecule has 5 nitrogen and oxygen atoms in total. The van der Waals surface area contributed by atoms with Crippen molar-refractivity contribution in [3.8, 4) is 0 Å². The Morgan fingerprint density at radius 2 is 1.60 bits per heavy atom. The summed E-state index contributed by atoms with van der Waals surface area (Å²) in [6, 6.07) is 0.848. The van der Waals surface area contributed by atoms with Gasteiger partial charge in [0.15, 0.2) is 0 Å². The van der Waals surface area contributed by atoms with Gasteiger partial charge in [-0.15, -0.1) is 0 Å². The van der Waals surface area contributed by atoms with Gasteiger partial charge < -0.3 is 14.6 Å². The van der Waals surface area contributed by atoms with Crippen LogP contribution in [0.1, 0.15) is 12.8 Å². The molecule has 3 aliphatic rings. The molecule has 116 valence electrons. The lowest BCUT2D eigenvalue weighted by atomic mass is 10.0. The number of likely N-dealkylation sites (tertiary alicyclic amines) is 1. The summed E-state index contributed by atoms with van der Waals surface area (Å²) in [7, 11) is 4.02. The fourth-order valence-corrected chi connectivity index (χ4v) is 3.82. The molecule has 3 rings (SSSR count). The Morgan fingerprint density at radius 1 is 0.950 bits per heavy atom. The van der Waals surface area contributed by atoms with Gasteiger partial charge in [0.2, 0.25) is 0 Å². The van der Waals surface area contributed by atoms with Crippen LogP contribution < -0.4 is 0 Å². The Labute approximate surface area is 123 Å². The van der Waals surface area contributed by atoms with Gasteiger partial charge >= 0.3 is 0 Å². The monoisotopic (exact) mass is 282 g/mol. The first-order chi connectivity index (χ1) is 9.74. The molecule has 3 saturated heterocycles. The summed E-state index contributed by atoms with van der Waals surface area (Å²) in [5.41, 5.74) is 0. The van der Waals surface area contributed by atoms with E-state index in [-0.39, 0.29) is 0 Å². The van der Waals surface area contributed by atoms with Crippen molar-refractivity contribution < 1.29 is 4.84 Å². The van der Waals surface area contributed by atoms with Gasteiger partial charge in [0.25, 0.3) is 0 Å². The molecule has 3 aliphatic heterocycles. The number of hydrogen-bond donors (Lipinski definition) is 0. The van der Waals surface area contributed by atoms with Crippen molar-refractivity contribution in [1.29, 1.82) is 0 Å². The van der Waals surface area contributed by atoms with Crippen LogP contribution in [0, 0.1) is 5.92 Å². The van der Waals surface area contributed by atoms with Gasteiger partial charge in [0.05, 0.1) is 7.11 Å². The van der Waals surface area contributed by atoms with Crippen LogP contribution in [0.3, 0.4) is 0 Å². The van der Waals surface area contributed by atoms with Crippen molar-refractivity contribution in [2.45, 2.75) is 18.9 Å². The van der Waals surface area contributed by atoms with E-state index in [2.05, 4.69) is 26.8 Å². The highest BCUT2D eigenvalue weighted by atomic mass is 16.7. The number of piperidine rings is 1. The van der Waals surface area contributed by atoms with Crippen molar-refractivity contribution in [2.75, 3.05) is 73.1 Å². The fraction of sp³-hybridized carbons (Fsp3) is 1.00. The van der Waals surface area contributed by atoms with Gasteiger partial charge in [-0.3, -0.25) is 4.90 Å². The van der Waals surface area contributed by atoms with E-state index in [9.17, 15) is 0 Å². The van der Waals surface area contributed by atoms with Crippen LogP contribution in [0.4, 0.5) is 0 Å². The lowest BCUT2D eigenvalue weighted by Gasteiger charge is -2.45. The number of piperazine rings is 1. The van der Waals surface area contributed by atoms with Crippen molar-refractivity contribution in [1.82, 2.24) is 19.8 Å². The molecule has 0 atom stereocenters. The Balaban J connectivity index is 1.35. The van der Waals surface area contributed by atoms with E-state index in [1.165, 1.54) is 58.7 Å². The summed E-state index contributed by atoms with van der Waals surface area (Å²) in [5, 5.41) is 2.06. The van der Waals surface area contributed by atoms with Crippen LogP contribution in [0.25, 0.3) is 0 Å². The van der Waals surface area contributed by atoms with Crippen LogP contribution in [-0.4, -0.2) is 98.9 Å². The van der Waals surface area contributed by atoms with Crippen molar-refractivity contribution >= 4 is 0 Å². The van der Waals surface area contributed by atoms with E-state index < -0.39 is 0 Å². The molecule has 0 aromatic carbocycles. The Kier molecular flexibility index (Phi) is 4.94. The highest BCUT2D eigenvalue weighted by molar-refractivity contribution is 4.85. The zero-order valence-corrected chi connectivity index (χ0v) is 13.1. The zero-order chi connectivity index (χ0) is 13.9. The maximum Gasteiger partial charge on any atom is 0.0575 e. The molecule has 0 spiro atoms. The minimum Gasteiger partial charge on any atom is -0.306 e. The van der Waals surface area contributed by atoms with E-state index in [4.69, 9.17) is 4.84 Å². The summed E-state index contributed by atoms with van der Waals surface area (Å²) in [4.78, 5) is 13.1. The standard InChI is InChI=1S/C15H30N4O/c1-16-5-3-15(4-6-16)18-9-7-17(8-10-18)11-14-12-19(13-14)20-2/h14-15H,3-13H2,1-2H3. The lowest BCUT2D eigenvalue weighted by molar-refractivity contribution is -0.200. The minimum absolute atomic E-state index is 0.824. The number of hydrogen-bond acceptors (Lipinski definition) is 5. The Morgan fingerprint density at radius 3 is 2.20 bits per heavy atom. The molecule has 0 saturated carbocycles.